The van der Waals surface area contributed by atoms with E-state index in [0.717, 1.165) is 58.1 Å². The highest BCUT2D eigenvalue weighted by atomic mass is 16.6. The van der Waals surface area contributed by atoms with Gasteiger partial charge < -0.3 is 93.2 Å². The minimum atomic E-state index is -0.963. The zero-order chi connectivity index (χ0) is 62.1. The number of nitrogens with one attached hydrogen (secondary N) is 3. The summed E-state index contributed by atoms with van der Waals surface area (Å²) in [7, 11) is 6.83. The van der Waals surface area contributed by atoms with Gasteiger partial charge in [0.05, 0.1) is 145 Å². The maximum Gasteiger partial charge on any atom is 0.317 e. The van der Waals surface area contributed by atoms with Crippen molar-refractivity contribution in [2.45, 2.75) is 86.1 Å². The summed E-state index contributed by atoms with van der Waals surface area (Å²) in [5, 5.41) is 33.6. The van der Waals surface area contributed by atoms with E-state index in [0.29, 0.717) is 171 Å². The van der Waals surface area contributed by atoms with Gasteiger partial charge in [0.1, 0.15) is 25.1 Å². The van der Waals surface area contributed by atoms with Crippen molar-refractivity contribution in [3.63, 3.8) is 0 Å². The van der Waals surface area contributed by atoms with Crippen LogP contribution in [0, 0.1) is 0 Å². The van der Waals surface area contributed by atoms with Gasteiger partial charge in [-0.1, -0.05) is 41.5 Å². The lowest BCUT2D eigenvalue weighted by Gasteiger charge is -2.29. The van der Waals surface area contributed by atoms with E-state index >= 15 is 0 Å². The molecule has 2 aliphatic heterocycles. The molecule has 2 rings (SSSR count). The number of ether oxygens (including phenoxy) is 8. The van der Waals surface area contributed by atoms with Gasteiger partial charge in [-0.2, -0.15) is 0 Å². The quantitative estimate of drug-likeness (QED) is 0.0363. The number of likely N-dealkylation sites (N-methyl/N-ethyl adjacent to an activating group) is 2. The Hall–Kier alpha value is -3.55. The number of hydrogen-bond donors (Lipinski definition) is 6. The predicted octanol–water partition coefficient (Wildman–Crippen LogP) is 0.749. The Morgan fingerprint density at radius 1 is 0.481 bits per heavy atom. The van der Waals surface area contributed by atoms with E-state index in [1.807, 2.05) is 53.5 Å². The Morgan fingerprint density at radius 3 is 1.20 bits per heavy atom. The second-order valence-electron chi connectivity index (χ2n) is 16.5. The average Bonchev–Trinajstić information content (AvgIpc) is 3.96. The summed E-state index contributed by atoms with van der Waals surface area (Å²) in [5.41, 5.74) is 0. The number of aliphatic hydroxyl groups is 1. The lowest BCUT2D eigenvalue weighted by Crippen LogP contribution is -2.45. The molecule has 6 N–H and O–H groups in total. The predicted molar refractivity (Wildman–Crippen MR) is 315 cm³/mol. The van der Waals surface area contributed by atoms with Crippen LogP contribution >= 0.6 is 0 Å². The molecule has 81 heavy (non-hydrogen) atoms. The van der Waals surface area contributed by atoms with Crippen molar-refractivity contribution in [1.82, 2.24) is 40.4 Å². The van der Waals surface area contributed by atoms with E-state index in [-0.39, 0.29) is 32.2 Å². The standard InChI is InChI=1S/C20H41NO9.C15H26N4O6.C8H16N2O2.C5H11N.3C2H6.CH4O/c1-21-3-6-24-8-10-26-12-14-28-16-18-30-20-19-29-17-15-27-13-11-25-9-7-23-5-2-4-22;20-9-7-16-1-3-17(11-14(22)23)4-5-18(8-10-21)13-19(6-2-16)12-15(24)25;1-9-8(6-11)4-2-3-5-10-7-12;1-6-4-2-3-5-6;4*1-2/h4,21H,2-3,5-20H2,1H3;9-10H,1-8,11-13H2,(H,22,23)(H,24,25);6-9H,2-5H2,1H3,(H,10,12);2-5H2,1H3;3*1-2H3;2H,1H3. The first-order valence-corrected chi connectivity index (χ1v) is 28.9. The van der Waals surface area contributed by atoms with Crippen molar-refractivity contribution >= 4 is 43.5 Å². The molecular weight excluding hydrogens is 1060 g/mol. The van der Waals surface area contributed by atoms with E-state index in [1.54, 1.807) is 21.7 Å². The number of aldehydes is 4. The molecule has 0 aromatic heterocycles. The van der Waals surface area contributed by atoms with Gasteiger partial charge in [-0.3, -0.25) is 34.0 Å². The monoisotopic (exact) mass is 1180 g/mol. The average molecular weight is 1180 g/mol. The summed E-state index contributed by atoms with van der Waals surface area (Å²) >= 11 is 0. The van der Waals surface area contributed by atoms with E-state index in [9.17, 15) is 33.6 Å². The van der Waals surface area contributed by atoms with Crippen molar-refractivity contribution in [2.75, 3.05) is 232 Å². The van der Waals surface area contributed by atoms with E-state index in [4.69, 9.17) is 53.2 Å². The van der Waals surface area contributed by atoms with Gasteiger partial charge in [0.2, 0.25) is 6.41 Å². The Kier molecular flexibility index (Phi) is 88.3. The third-order valence-corrected chi connectivity index (χ3v) is 10.5. The molecule has 0 aromatic carbocycles. The van der Waals surface area contributed by atoms with E-state index in [2.05, 4.69) is 27.9 Å². The van der Waals surface area contributed by atoms with Crippen molar-refractivity contribution in [2.24, 2.45) is 0 Å². The third kappa shape index (κ3) is 76.5. The summed E-state index contributed by atoms with van der Waals surface area (Å²) in [6.45, 7) is 27.9. The number of nitrogens with zero attached hydrogens (tertiary/aromatic N) is 5. The molecule has 1 atom stereocenters. The van der Waals surface area contributed by atoms with Gasteiger partial charge in [-0.05, 0) is 66.3 Å². The second kappa shape index (κ2) is 80.7. The Bertz CT molecular complexity index is 1290. The number of rotatable bonds is 43. The number of carboxylic acid groups (broad SMARTS) is 2. The molecule has 2 fully saturated rings. The molecule has 2 aliphatic rings. The van der Waals surface area contributed by atoms with Crippen LogP contribution in [0.5, 0.6) is 0 Å². The topological polar surface area (TPSA) is 306 Å². The van der Waals surface area contributed by atoms with Gasteiger partial charge in [0, 0.05) is 65.9 Å². The lowest BCUT2D eigenvalue weighted by atomic mass is 10.1. The summed E-state index contributed by atoms with van der Waals surface area (Å²) in [4.78, 5) is 83.5. The van der Waals surface area contributed by atoms with Crippen molar-refractivity contribution in [3.8, 4) is 0 Å². The maximum atomic E-state index is 11.1. The zero-order valence-corrected chi connectivity index (χ0v) is 51.8. The van der Waals surface area contributed by atoms with Crippen LogP contribution in [0.15, 0.2) is 0 Å². The molecule has 0 aromatic rings. The number of carbonyl (C=O) groups is 7. The summed E-state index contributed by atoms with van der Waals surface area (Å²) < 4.78 is 42.8. The van der Waals surface area contributed by atoms with Gasteiger partial charge in [0.15, 0.2) is 0 Å². The molecule has 2 heterocycles. The van der Waals surface area contributed by atoms with Gasteiger partial charge in [-0.15, -0.1) is 0 Å². The molecule has 484 valence electrons. The summed E-state index contributed by atoms with van der Waals surface area (Å²) in [5.74, 6) is -1.90. The molecule has 0 spiro atoms. The molecule has 26 heteroatoms. The number of carboxylic acids is 2. The molecule has 0 aliphatic carbocycles. The van der Waals surface area contributed by atoms with E-state index < -0.39 is 11.9 Å². The minimum absolute atomic E-state index is 0.0405. The van der Waals surface area contributed by atoms with Crippen LogP contribution in [0.25, 0.3) is 0 Å². The smallest absolute Gasteiger partial charge is 0.317 e. The Labute approximate surface area is 487 Å². The molecular formula is C55H116N8O18. The SMILES string of the molecule is CC.CC.CC.CN1CCCC1.CNC(C=O)CCCCNC=O.CNCCOCCOCCOCCOCCOCCOCCOCCOCCC=O.CO.O=CCN1CCN(CC(=O)O)CCN(CC=O)CN(CC(=O)O)CC1. The van der Waals surface area contributed by atoms with Crippen LogP contribution in [0.2, 0.25) is 0 Å². The van der Waals surface area contributed by atoms with E-state index in [1.165, 1.54) is 25.9 Å². The minimum Gasteiger partial charge on any atom is -0.480 e. The normalized spacial score (nSPS) is 14.3. The van der Waals surface area contributed by atoms with Crippen molar-refractivity contribution in [1.29, 1.82) is 0 Å². The first-order chi connectivity index (χ1) is 39.6. The highest BCUT2D eigenvalue weighted by Gasteiger charge is 2.20. The number of amides is 1. The van der Waals surface area contributed by atoms with Gasteiger partial charge >= 0.3 is 11.9 Å². The fourth-order valence-electron chi connectivity index (χ4n) is 6.46. The van der Waals surface area contributed by atoms with Gasteiger partial charge in [-0.25, -0.2) is 0 Å². The van der Waals surface area contributed by atoms with Crippen LogP contribution in [0.4, 0.5) is 0 Å². The van der Waals surface area contributed by atoms with Crippen LogP contribution in [0.1, 0.15) is 80.1 Å². The number of aliphatic carboxylic acids is 2. The molecule has 26 nitrogen and oxygen atoms in total. The highest BCUT2D eigenvalue weighted by Crippen LogP contribution is 2.03. The lowest BCUT2D eigenvalue weighted by molar-refractivity contribution is -0.140. The van der Waals surface area contributed by atoms with Crippen LogP contribution in [0.3, 0.4) is 0 Å². The van der Waals surface area contributed by atoms with Crippen LogP contribution < -0.4 is 16.0 Å². The zero-order valence-electron chi connectivity index (χ0n) is 51.8. The molecule has 1 amide bonds. The molecule has 0 radical (unpaired) electrons. The van der Waals surface area contributed by atoms with Crippen molar-refractivity contribution < 1.29 is 86.8 Å². The number of likely N-dealkylation sites (tertiary alicyclic amines) is 1. The maximum absolute atomic E-state index is 11.1. The third-order valence-electron chi connectivity index (χ3n) is 10.5. The van der Waals surface area contributed by atoms with Gasteiger partial charge in [0.25, 0.3) is 0 Å². The van der Waals surface area contributed by atoms with Crippen LogP contribution in [-0.2, 0) is 71.5 Å². The molecule has 2 saturated heterocycles. The fraction of sp³-hybridized carbons (Fsp3) is 0.873. The largest absolute Gasteiger partial charge is 0.480 e. The Balaban J connectivity index is -0.000000245. The van der Waals surface area contributed by atoms with Crippen molar-refractivity contribution in [3.05, 3.63) is 0 Å². The molecule has 0 saturated carbocycles. The first kappa shape index (κ1) is 88.7. The Morgan fingerprint density at radius 2 is 0.852 bits per heavy atom. The van der Waals surface area contributed by atoms with Crippen LogP contribution in [-0.4, -0.2) is 322 Å². The highest BCUT2D eigenvalue weighted by molar-refractivity contribution is 5.69. The molecule has 0 bridgehead atoms. The fourth-order valence-corrected chi connectivity index (χ4v) is 6.46. The number of unbranched alkanes of at least 4 members (excludes halogenated alkanes) is 1. The number of hydrogen-bond acceptors (Lipinski definition) is 23. The summed E-state index contributed by atoms with van der Waals surface area (Å²) in [6, 6.07) is -0.0405. The number of aliphatic hydroxyl groups excluding tert-OH is 1. The number of carbonyl (C=O) groups excluding carboxylic acids is 5. The summed E-state index contributed by atoms with van der Waals surface area (Å²) in [6.07, 6.45) is 9.92. The second-order valence-corrected chi connectivity index (χ2v) is 16.5. The first-order valence-electron chi connectivity index (χ1n) is 28.9. The molecule has 1 unspecified atom stereocenters.